The number of hydrogen-bond acceptors (Lipinski definition) is 6. The van der Waals surface area contributed by atoms with Crippen molar-refractivity contribution in [3.05, 3.63) is 57.2 Å². The Morgan fingerprint density at radius 2 is 1.50 bits per heavy atom. The van der Waals surface area contributed by atoms with E-state index in [9.17, 15) is 9.59 Å². The van der Waals surface area contributed by atoms with E-state index in [1.54, 1.807) is 30.3 Å². The normalized spacial score (nSPS) is 11.2. The van der Waals surface area contributed by atoms with Crippen LogP contribution in [0.2, 0.25) is 0 Å². The molecule has 4 rings (SSSR count). The van der Waals surface area contributed by atoms with Crippen molar-refractivity contribution < 1.29 is 18.3 Å². The summed E-state index contributed by atoms with van der Waals surface area (Å²) >= 11 is 0. The summed E-state index contributed by atoms with van der Waals surface area (Å²) in [7, 11) is 2.95. The summed E-state index contributed by atoms with van der Waals surface area (Å²) in [6.45, 7) is 0. The van der Waals surface area contributed by atoms with E-state index in [4.69, 9.17) is 18.3 Å². The average molecular weight is 324 g/mol. The molecule has 0 aliphatic heterocycles. The molecule has 0 unspecified atom stereocenters. The molecule has 4 aromatic rings. The minimum absolute atomic E-state index is 0.138. The average Bonchev–Trinajstić information content (AvgIpc) is 2.60. The summed E-state index contributed by atoms with van der Waals surface area (Å²) in [5, 5.41) is 1.21. The lowest BCUT2D eigenvalue weighted by atomic mass is 10.1. The molecule has 6 heteroatoms. The third-order valence-electron chi connectivity index (χ3n) is 3.97. The van der Waals surface area contributed by atoms with Crippen molar-refractivity contribution >= 4 is 32.7 Å². The van der Waals surface area contributed by atoms with Gasteiger partial charge in [-0.05, 0) is 6.07 Å². The first-order valence-electron chi connectivity index (χ1n) is 7.18. The molecule has 0 N–H and O–H groups in total. The summed E-state index contributed by atoms with van der Waals surface area (Å²) in [4.78, 5) is 25.1. The highest BCUT2D eigenvalue weighted by Gasteiger charge is 2.19. The van der Waals surface area contributed by atoms with Gasteiger partial charge < -0.3 is 18.3 Å². The van der Waals surface area contributed by atoms with Crippen molar-refractivity contribution in [2.45, 2.75) is 0 Å². The predicted octanol–water partition coefficient (Wildman–Crippen LogP) is 3.07. The monoisotopic (exact) mass is 324 g/mol. The van der Waals surface area contributed by atoms with E-state index in [1.807, 2.05) is 0 Å². The lowest BCUT2D eigenvalue weighted by Crippen LogP contribution is -2.09. The molecule has 2 aromatic heterocycles. The third kappa shape index (κ3) is 1.89. The first-order valence-corrected chi connectivity index (χ1v) is 7.18. The highest BCUT2D eigenvalue weighted by molar-refractivity contribution is 6.15. The summed E-state index contributed by atoms with van der Waals surface area (Å²) in [6.07, 6.45) is 0. The van der Waals surface area contributed by atoms with Crippen LogP contribution in [0.3, 0.4) is 0 Å². The molecule has 0 radical (unpaired) electrons. The van der Waals surface area contributed by atoms with E-state index in [1.165, 1.54) is 20.3 Å². The van der Waals surface area contributed by atoms with Gasteiger partial charge in [0.05, 0.1) is 30.4 Å². The van der Waals surface area contributed by atoms with Crippen molar-refractivity contribution in [1.82, 2.24) is 0 Å². The molecule has 0 aliphatic carbocycles. The molecular formula is C18H12O6. The van der Waals surface area contributed by atoms with E-state index in [2.05, 4.69) is 0 Å². The topological polar surface area (TPSA) is 78.9 Å². The molecule has 0 aliphatic rings. The minimum atomic E-state index is -0.620. The van der Waals surface area contributed by atoms with E-state index in [0.717, 1.165) is 0 Å². The molecule has 2 heterocycles. The second-order valence-corrected chi connectivity index (χ2v) is 5.23. The zero-order valence-corrected chi connectivity index (χ0v) is 12.9. The van der Waals surface area contributed by atoms with E-state index in [0.29, 0.717) is 27.9 Å². The van der Waals surface area contributed by atoms with Crippen LogP contribution in [0.5, 0.6) is 11.5 Å². The first-order chi connectivity index (χ1) is 11.6. The minimum Gasteiger partial charge on any atom is -0.496 e. The van der Waals surface area contributed by atoms with Gasteiger partial charge >= 0.3 is 11.3 Å². The highest BCUT2D eigenvalue weighted by atomic mass is 16.5. The van der Waals surface area contributed by atoms with Gasteiger partial charge in [-0.2, -0.15) is 0 Å². The SMILES string of the molecule is COc1cc(OC)c2c(c1)oc(=O)c1c3ccccc3oc(=O)c21. The number of fused-ring (bicyclic) bond motifs is 5. The van der Waals surface area contributed by atoms with E-state index < -0.39 is 11.3 Å². The van der Waals surface area contributed by atoms with Crippen LogP contribution in [0.4, 0.5) is 0 Å². The van der Waals surface area contributed by atoms with E-state index in [-0.39, 0.29) is 16.4 Å². The molecular weight excluding hydrogens is 312 g/mol. The number of para-hydroxylation sites is 1. The van der Waals surface area contributed by atoms with Crippen molar-refractivity contribution in [2.24, 2.45) is 0 Å². The Balaban J connectivity index is 2.37. The summed E-state index contributed by atoms with van der Waals surface area (Å²) in [5.41, 5.74) is -0.706. The van der Waals surface area contributed by atoms with Crippen LogP contribution in [-0.2, 0) is 0 Å². The molecule has 6 nitrogen and oxygen atoms in total. The maximum atomic E-state index is 12.5. The largest absolute Gasteiger partial charge is 0.496 e. The van der Waals surface area contributed by atoms with Crippen LogP contribution in [0.1, 0.15) is 0 Å². The lowest BCUT2D eigenvalue weighted by Gasteiger charge is -2.10. The van der Waals surface area contributed by atoms with Gasteiger partial charge in [-0.3, -0.25) is 0 Å². The van der Waals surface area contributed by atoms with Crippen molar-refractivity contribution in [2.75, 3.05) is 14.2 Å². The second-order valence-electron chi connectivity index (χ2n) is 5.23. The Kier molecular flexibility index (Phi) is 3.06. The Hall–Kier alpha value is -3.28. The number of methoxy groups -OCH3 is 2. The van der Waals surface area contributed by atoms with Crippen molar-refractivity contribution in [3.8, 4) is 11.5 Å². The van der Waals surface area contributed by atoms with Gasteiger partial charge in [0.15, 0.2) is 0 Å². The number of ether oxygens (including phenoxy) is 2. The molecule has 0 atom stereocenters. The molecule has 2 aromatic carbocycles. The highest BCUT2D eigenvalue weighted by Crippen LogP contribution is 2.35. The van der Waals surface area contributed by atoms with Crippen LogP contribution in [0.25, 0.3) is 32.7 Å². The van der Waals surface area contributed by atoms with Crippen LogP contribution < -0.4 is 20.7 Å². The molecule has 0 bridgehead atoms. The molecule has 0 saturated heterocycles. The summed E-state index contributed by atoms with van der Waals surface area (Å²) < 4.78 is 21.3. The van der Waals surface area contributed by atoms with Crippen LogP contribution in [0, 0.1) is 0 Å². The van der Waals surface area contributed by atoms with Crippen molar-refractivity contribution in [3.63, 3.8) is 0 Å². The summed E-state index contributed by atoms with van der Waals surface area (Å²) in [5.74, 6) is 0.813. The molecule has 24 heavy (non-hydrogen) atoms. The molecule has 120 valence electrons. The van der Waals surface area contributed by atoms with Gasteiger partial charge in [0, 0.05) is 17.5 Å². The number of benzene rings is 2. The van der Waals surface area contributed by atoms with Crippen LogP contribution in [-0.4, -0.2) is 14.2 Å². The maximum absolute atomic E-state index is 12.5. The first kappa shape index (κ1) is 14.3. The van der Waals surface area contributed by atoms with Crippen LogP contribution in [0.15, 0.2) is 54.8 Å². The Bertz CT molecular complexity index is 1220. The number of hydrogen-bond donors (Lipinski definition) is 0. The Labute approximate surface area is 134 Å². The van der Waals surface area contributed by atoms with Gasteiger partial charge in [0.1, 0.15) is 22.7 Å². The fourth-order valence-corrected chi connectivity index (χ4v) is 2.91. The van der Waals surface area contributed by atoms with Gasteiger partial charge in [0.2, 0.25) is 0 Å². The lowest BCUT2D eigenvalue weighted by molar-refractivity contribution is 0.396. The second kappa shape index (κ2) is 5.13. The molecule has 0 fully saturated rings. The zero-order chi connectivity index (χ0) is 16.8. The van der Waals surface area contributed by atoms with E-state index >= 15 is 0 Å². The Morgan fingerprint density at radius 3 is 2.25 bits per heavy atom. The third-order valence-corrected chi connectivity index (χ3v) is 3.97. The molecule has 0 amide bonds. The fraction of sp³-hybridized carbons (Fsp3) is 0.111. The van der Waals surface area contributed by atoms with Gasteiger partial charge in [-0.15, -0.1) is 0 Å². The fourth-order valence-electron chi connectivity index (χ4n) is 2.91. The van der Waals surface area contributed by atoms with Gasteiger partial charge in [-0.1, -0.05) is 18.2 Å². The zero-order valence-electron chi connectivity index (χ0n) is 12.9. The number of rotatable bonds is 2. The van der Waals surface area contributed by atoms with Crippen LogP contribution >= 0.6 is 0 Å². The van der Waals surface area contributed by atoms with Gasteiger partial charge in [-0.25, -0.2) is 9.59 Å². The predicted molar refractivity (Wildman–Crippen MR) is 89.1 cm³/mol. The standard InChI is InChI=1S/C18H12O6/c1-21-9-7-12(22-2)15-13(8-9)24-17(19)14-10-5-3-4-6-11(10)23-18(20)16(14)15/h3-8H,1-2H3. The van der Waals surface area contributed by atoms with Gasteiger partial charge in [0.25, 0.3) is 0 Å². The Morgan fingerprint density at radius 1 is 0.792 bits per heavy atom. The molecule has 0 saturated carbocycles. The maximum Gasteiger partial charge on any atom is 0.345 e. The van der Waals surface area contributed by atoms with Crippen molar-refractivity contribution in [1.29, 1.82) is 0 Å². The smallest absolute Gasteiger partial charge is 0.345 e. The quantitative estimate of drug-likeness (QED) is 0.416. The molecule has 0 spiro atoms. The summed E-state index contributed by atoms with van der Waals surface area (Å²) in [6, 6.07) is 9.98.